The number of carbonyl (C=O) groups excluding carboxylic acids is 2. The van der Waals surface area contributed by atoms with Gasteiger partial charge in [-0.05, 0) is 12.8 Å². The van der Waals surface area contributed by atoms with Gasteiger partial charge in [-0.1, -0.05) is 6.92 Å². The van der Waals surface area contributed by atoms with E-state index in [0.717, 1.165) is 0 Å². The van der Waals surface area contributed by atoms with E-state index in [1.54, 1.807) is 0 Å². The van der Waals surface area contributed by atoms with Gasteiger partial charge in [0, 0.05) is 5.71 Å². The smallest absolute Gasteiger partial charge is 0.332 e. The van der Waals surface area contributed by atoms with Gasteiger partial charge in [0.05, 0.1) is 13.5 Å². The third-order valence-corrected chi connectivity index (χ3v) is 1.58. The number of nitrogens with one attached hydrogen (secondary N) is 1. The molecule has 80 valence electrons. The SMILES string of the molecule is CC/C(CCC(=O)OC)=N/NC(N)=O. The number of carbonyl (C=O) groups is 2. The van der Waals surface area contributed by atoms with Crippen LogP contribution in [-0.2, 0) is 9.53 Å². The van der Waals surface area contributed by atoms with Crippen LogP contribution in [0.15, 0.2) is 5.10 Å². The van der Waals surface area contributed by atoms with Crippen LogP contribution in [-0.4, -0.2) is 24.8 Å². The van der Waals surface area contributed by atoms with E-state index >= 15 is 0 Å². The van der Waals surface area contributed by atoms with Crippen molar-refractivity contribution in [2.24, 2.45) is 10.8 Å². The van der Waals surface area contributed by atoms with Crippen LogP contribution in [0.25, 0.3) is 0 Å². The zero-order chi connectivity index (χ0) is 11.0. The molecule has 0 aromatic rings. The second-order valence-corrected chi connectivity index (χ2v) is 2.58. The number of rotatable bonds is 5. The average Bonchev–Trinajstić information content (AvgIpc) is 2.17. The maximum Gasteiger partial charge on any atom is 0.332 e. The molecular formula is C8H15N3O3. The van der Waals surface area contributed by atoms with Crippen LogP contribution in [0.4, 0.5) is 4.79 Å². The molecule has 3 N–H and O–H groups in total. The molecule has 0 aliphatic rings. The molecule has 0 aliphatic heterocycles. The molecule has 6 nitrogen and oxygen atoms in total. The van der Waals surface area contributed by atoms with Gasteiger partial charge in [0.25, 0.3) is 0 Å². The number of amides is 2. The molecule has 0 saturated heterocycles. The van der Waals surface area contributed by atoms with Crippen LogP contribution in [0.2, 0.25) is 0 Å². The third kappa shape index (κ3) is 5.99. The molecule has 0 spiro atoms. The highest BCUT2D eigenvalue weighted by Gasteiger charge is 2.03. The molecule has 0 saturated carbocycles. The second kappa shape index (κ2) is 6.88. The number of nitrogens with zero attached hydrogens (tertiary/aromatic N) is 1. The molecule has 0 aromatic carbocycles. The fourth-order valence-corrected chi connectivity index (χ4v) is 0.794. The molecule has 0 heterocycles. The molecule has 0 atom stereocenters. The molecule has 0 unspecified atom stereocenters. The summed E-state index contributed by atoms with van der Waals surface area (Å²) in [5.41, 5.74) is 7.64. The van der Waals surface area contributed by atoms with Gasteiger partial charge >= 0.3 is 12.0 Å². The number of hydrogen-bond acceptors (Lipinski definition) is 4. The number of ether oxygens (including phenoxy) is 1. The zero-order valence-electron chi connectivity index (χ0n) is 8.37. The molecule has 0 fully saturated rings. The van der Waals surface area contributed by atoms with Crippen LogP contribution < -0.4 is 11.2 Å². The van der Waals surface area contributed by atoms with Gasteiger partial charge in [-0.25, -0.2) is 10.2 Å². The number of methoxy groups -OCH3 is 1. The summed E-state index contributed by atoms with van der Waals surface area (Å²) in [6.07, 6.45) is 1.37. The average molecular weight is 201 g/mol. The standard InChI is InChI=1S/C8H15N3O3/c1-3-6(10-11-8(9)13)4-5-7(12)14-2/h3-5H2,1-2H3,(H3,9,11,13)/b10-6-. The van der Waals surface area contributed by atoms with Gasteiger partial charge in [-0.2, -0.15) is 5.10 Å². The molecule has 0 bridgehead atoms. The summed E-state index contributed by atoms with van der Waals surface area (Å²) in [6.45, 7) is 1.87. The Morgan fingerprint density at radius 3 is 2.50 bits per heavy atom. The fraction of sp³-hybridized carbons (Fsp3) is 0.625. The van der Waals surface area contributed by atoms with Crippen molar-refractivity contribution in [1.29, 1.82) is 0 Å². The van der Waals surface area contributed by atoms with Crippen LogP contribution in [0.1, 0.15) is 26.2 Å². The molecule has 6 heteroatoms. The van der Waals surface area contributed by atoms with Gasteiger partial charge in [0.1, 0.15) is 0 Å². The quantitative estimate of drug-likeness (QED) is 0.382. The van der Waals surface area contributed by atoms with E-state index in [2.05, 4.69) is 15.3 Å². The van der Waals surface area contributed by atoms with Gasteiger partial charge in [-0.3, -0.25) is 4.79 Å². The Hall–Kier alpha value is -1.59. The van der Waals surface area contributed by atoms with Crippen molar-refractivity contribution in [3.8, 4) is 0 Å². The molecule has 0 rings (SSSR count). The minimum absolute atomic E-state index is 0.254. The molecular weight excluding hydrogens is 186 g/mol. The number of hydrogen-bond donors (Lipinski definition) is 2. The van der Waals surface area contributed by atoms with E-state index in [9.17, 15) is 9.59 Å². The van der Waals surface area contributed by atoms with Crippen LogP contribution >= 0.6 is 0 Å². The van der Waals surface area contributed by atoms with Crippen molar-refractivity contribution >= 4 is 17.7 Å². The van der Waals surface area contributed by atoms with E-state index in [-0.39, 0.29) is 12.4 Å². The first kappa shape index (κ1) is 12.4. The van der Waals surface area contributed by atoms with Crippen LogP contribution in [0.5, 0.6) is 0 Å². The van der Waals surface area contributed by atoms with E-state index in [0.29, 0.717) is 18.6 Å². The Bertz CT molecular complexity index is 238. The number of primary amides is 1. The highest BCUT2D eigenvalue weighted by molar-refractivity contribution is 5.88. The first-order valence-electron chi connectivity index (χ1n) is 4.27. The maximum absolute atomic E-state index is 10.8. The molecule has 2 amide bonds. The highest BCUT2D eigenvalue weighted by Crippen LogP contribution is 1.98. The number of hydrazone groups is 1. The Kier molecular flexibility index (Phi) is 6.09. The van der Waals surface area contributed by atoms with Crippen molar-refractivity contribution in [3.05, 3.63) is 0 Å². The van der Waals surface area contributed by atoms with Crippen LogP contribution in [0.3, 0.4) is 0 Å². The minimum atomic E-state index is -0.714. The Morgan fingerprint density at radius 1 is 1.43 bits per heavy atom. The molecule has 0 radical (unpaired) electrons. The highest BCUT2D eigenvalue weighted by atomic mass is 16.5. The summed E-state index contributed by atoms with van der Waals surface area (Å²) in [5.74, 6) is -0.301. The summed E-state index contributed by atoms with van der Waals surface area (Å²) in [6, 6.07) is -0.714. The van der Waals surface area contributed by atoms with Crippen LogP contribution in [0, 0.1) is 0 Å². The molecule has 0 aromatic heterocycles. The summed E-state index contributed by atoms with van der Waals surface area (Å²) in [4.78, 5) is 21.1. The number of urea groups is 1. The van der Waals surface area contributed by atoms with Crippen molar-refractivity contribution in [2.45, 2.75) is 26.2 Å². The fourth-order valence-electron chi connectivity index (χ4n) is 0.794. The lowest BCUT2D eigenvalue weighted by Gasteiger charge is -2.02. The Labute approximate surface area is 82.5 Å². The summed E-state index contributed by atoms with van der Waals surface area (Å²) < 4.78 is 4.46. The predicted molar refractivity (Wildman–Crippen MR) is 51.7 cm³/mol. The zero-order valence-corrected chi connectivity index (χ0v) is 8.37. The lowest BCUT2D eigenvalue weighted by molar-refractivity contribution is -0.140. The van der Waals surface area contributed by atoms with E-state index < -0.39 is 6.03 Å². The Morgan fingerprint density at radius 2 is 2.07 bits per heavy atom. The first-order chi connectivity index (χ1) is 6.60. The minimum Gasteiger partial charge on any atom is -0.469 e. The van der Waals surface area contributed by atoms with Gasteiger partial charge < -0.3 is 10.5 Å². The lowest BCUT2D eigenvalue weighted by atomic mass is 10.2. The van der Waals surface area contributed by atoms with E-state index in [4.69, 9.17) is 5.73 Å². The van der Waals surface area contributed by atoms with Gasteiger partial charge in [0.15, 0.2) is 0 Å². The Balaban J connectivity index is 3.96. The van der Waals surface area contributed by atoms with Gasteiger partial charge in [-0.15, -0.1) is 0 Å². The third-order valence-electron chi connectivity index (χ3n) is 1.58. The molecule has 0 aliphatic carbocycles. The lowest BCUT2D eigenvalue weighted by Crippen LogP contribution is -2.25. The summed E-state index contributed by atoms with van der Waals surface area (Å²) in [5, 5.41) is 3.73. The van der Waals surface area contributed by atoms with E-state index in [1.807, 2.05) is 6.92 Å². The number of esters is 1. The monoisotopic (exact) mass is 201 g/mol. The normalized spacial score (nSPS) is 10.9. The van der Waals surface area contributed by atoms with Crippen molar-refractivity contribution in [2.75, 3.05) is 7.11 Å². The van der Waals surface area contributed by atoms with Crippen molar-refractivity contribution in [3.63, 3.8) is 0 Å². The first-order valence-corrected chi connectivity index (χ1v) is 4.27. The maximum atomic E-state index is 10.8. The second-order valence-electron chi connectivity index (χ2n) is 2.58. The predicted octanol–water partition coefficient (Wildman–Crippen LogP) is 0.374. The van der Waals surface area contributed by atoms with E-state index in [1.165, 1.54) is 7.11 Å². The summed E-state index contributed by atoms with van der Waals surface area (Å²) in [7, 11) is 1.33. The van der Waals surface area contributed by atoms with Gasteiger partial charge in [0.2, 0.25) is 0 Å². The van der Waals surface area contributed by atoms with Crippen molar-refractivity contribution < 1.29 is 14.3 Å². The topological polar surface area (TPSA) is 93.8 Å². The number of nitrogens with two attached hydrogens (primary N) is 1. The molecule has 14 heavy (non-hydrogen) atoms. The summed E-state index contributed by atoms with van der Waals surface area (Å²) >= 11 is 0. The largest absolute Gasteiger partial charge is 0.469 e. The van der Waals surface area contributed by atoms with Crippen molar-refractivity contribution in [1.82, 2.24) is 5.43 Å².